The summed E-state index contributed by atoms with van der Waals surface area (Å²) in [5.41, 5.74) is 0.125. The monoisotopic (exact) mass is 679 g/mol. The lowest BCUT2D eigenvalue weighted by Gasteiger charge is -2.39. The Morgan fingerprint density at radius 2 is 1.60 bits per heavy atom. The highest BCUT2D eigenvalue weighted by Crippen LogP contribution is 2.39. The van der Waals surface area contributed by atoms with Crippen molar-refractivity contribution in [1.82, 2.24) is 15.1 Å². The van der Waals surface area contributed by atoms with E-state index in [-0.39, 0.29) is 21.4 Å². The van der Waals surface area contributed by atoms with Crippen LogP contribution in [-0.2, 0) is 19.4 Å². The molecule has 14 nitrogen and oxygen atoms in total. The van der Waals surface area contributed by atoms with E-state index in [1.807, 2.05) is 0 Å². The van der Waals surface area contributed by atoms with Crippen LogP contribution in [0.2, 0.25) is 0 Å². The first-order valence-electron chi connectivity index (χ1n) is 15.1. The van der Waals surface area contributed by atoms with Crippen molar-refractivity contribution in [3.63, 3.8) is 0 Å². The van der Waals surface area contributed by atoms with Gasteiger partial charge in [-0.05, 0) is 80.8 Å². The summed E-state index contributed by atoms with van der Waals surface area (Å²) < 4.78 is 42.5. The van der Waals surface area contributed by atoms with Crippen molar-refractivity contribution in [3.8, 4) is 11.5 Å². The molecular weight excluding hydrogens is 642 g/mol. The Morgan fingerprint density at radius 3 is 2.29 bits per heavy atom. The molecule has 48 heavy (non-hydrogen) atoms. The van der Waals surface area contributed by atoms with Crippen molar-refractivity contribution >= 4 is 44.0 Å². The first-order valence-corrected chi connectivity index (χ1v) is 16.5. The Labute approximate surface area is 276 Å². The van der Waals surface area contributed by atoms with E-state index in [1.165, 1.54) is 51.7 Å². The zero-order valence-electron chi connectivity index (χ0n) is 27.1. The molecule has 4 N–H and O–H groups in total. The van der Waals surface area contributed by atoms with E-state index >= 15 is 0 Å². The van der Waals surface area contributed by atoms with Gasteiger partial charge in [0.15, 0.2) is 21.3 Å². The van der Waals surface area contributed by atoms with Crippen LogP contribution >= 0.6 is 0 Å². The molecule has 254 valence electrons. The molecule has 2 atom stereocenters. The van der Waals surface area contributed by atoms with Gasteiger partial charge in [0.1, 0.15) is 6.04 Å². The first-order chi connectivity index (χ1) is 22.8. The van der Waals surface area contributed by atoms with E-state index in [9.17, 15) is 27.6 Å². The van der Waals surface area contributed by atoms with Gasteiger partial charge in [-0.15, -0.1) is 0 Å². The number of aromatic nitrogens is 2. The molecule has 1 fully saturated rings. The second-order valence-electron chi connectivity index (χ2n) is 11.8. The molecule has 1 aliphatic rings. The lowest BCUT2D eigenvalue weighted by Crippen LogP contribution is -2.54. The molecule has 1 saturated heterocycles. The van der Waals surface area contributed by atoms with E-state index in [0.717, 1.165) is 0 Å². The number of H-pyrrole nitrogens is 2. The number of hydrogen-bond donors (Lipinski definition) is 4. The molecule has 2 heterocycles. The average molecular weight is 680 g/mol. The van der Waals surface area contributed by atoms with E-state index < -0.39 is 49.8 Å². The normalized spacial score (nSPS) is 15.5. The molecule has 0 aliphatic carbocycles. The van der Waals surface area contributed by atoms with Crippen LogP contribution in [-0.4, -0.2) is 74.2 Å². The third-order valence-corrected chi connectivity index (χ3v) is 11.2. The number of hydrogen-bond acceptors (Lipinski definition) is 10. The number of likely N-dealkylation sites (tertiary alicyclic amines) is 1. The molecule has 3 aromatic carbocycles. The molecule has 0 bridgehead atoms. The summed E-state index contributed by atoms with van der Waals surface area (Å²) >= 11 is 0. The van der Waals surface area contributed by atoms with Crippen molar-refractivity contribution < 1.29 is 32.2 Å². The average Bonchev–Trinajstić information content (AvgIpc) is 3.59. The maximum absolute atomic E-state index is 14.6. The van der Waals surface area contributed by atoms with Crippen LogP contribution in [0, 0.1) is 0 Å². The summed E-state index contributed by atoms with van der Waals surface area (Å²) in [5.74, 6) is 0.408. The minimum absolute atomic E-state index is 0.0216. The van der Waals surface area contributed by atoms with Gasteiger partial charge in [0, 0.05) is 17.9 Å². The predicted molar refractivity (Wildman–Crippen MR) is 180 cm³/mol. The minimum atomic E-state index is -4.07. The van der Waals surface area contributed by atoms with Crippen molar-refractivity contribution in [2.45, 2.75) is 48.4 Å². The number of fused-ring (bicyclic) bond motifs is 1. The van der Waals surface area contributed by atoms with Crippen LogP contribution in [0.1, 0.15) is 38.3 Å². The smallest absolute Gasteiger partial charge is 0.411 e. The summed E-state index contributed by atoms with van der Waals surface area (Å²) in [5, 5.41) is 10.6. The summed E-state index contributed by atoms with van der Waals surface area (Å²) in [6.45, 7) is 3.47. The fraction of sp³-hybridized carbons (Fsp3) is 0.333. The SMILES string of the molecule is COC(=O)Nc1cccc(S(=O)(=O)C(C)(C)[C@H]2CCCN2C(=O)[C@@H](Nc2ccc3c(=O)[nH][nH]c(=O)c3c2)c2ccc(OC)c(OC)c2)c1. The summed E-state index contributed by atoms with van der Waals surface area (Å²) in [6, 6.07) is 13.6. The second kappa shape index (κ2) is 13.4. The molecule has 1 aliphatic heterocycles. The highest BCUT2D eigenvalue weighted by atomic mass is 32.2. The number of methoxy groups -OCH3 is 3. The highest BCUT2D eigenvalue weighted by Gasteiger charge is 2.49. The van der Waals surface area contributed by atoms with Crippen LogP contribution in [0.3, 0.4) is 0 Å². The Bertz CT molecular complexity index is 2090. The molecule has 4 aromatic rings. The predicted octanol–water partition coefficient (Wildman–Crippen LogP) is 3.81. The highest BCUT2D eigenvalue weighted by molar-refractivity contribution is 7.92. The van der Waals surface area contributed by atoms with Crippen LogP contribution in [0.25, 0.3) is 10.8 Å². The molecule has 1 aromatic heterocycles. The quantitative estimate of drug-likeness (QED) is 0.192. The van der Waals surface area contributed by atoms with Gasteiger partial charge in [0.2, 0.25) is 5.91 Å². The molecule has 0 unspecified atom stereocenters. The first kappa shape index (κ1) is 34.0. The third-order valence-electron chi connectivity index (χ3n) is 8.70. The zero-order chi connectivity index (χ0) is 34.8. The lowest BCUT2D eigenvalue weighted by atomic mass is 9.98. The number of sulfone groups is 1. The standard InChI is InChI=1S/C33H37N5O9S/c1-33(2,48(43,44)22-9-6-8-20(17-22)35-32(42)47-5)27-10-7-15-38(27)31(41)28(19-11-14-25(45-3)26(16-19)46-4)34-21-12-13-23-24(18-21)30(40)37-36-29(23)39/h6,8-9,11-14,16-18,27-28,34H,7,10,15H2,1-5H3,(H,35,42)(H,36,39)(H,37,40)/t27-,28+/m1/s1. The fourth-order valence-corrected chi connectivity index (χ4v) is 7.82. The topological polar surface area (TPSA) is 189 Å². The number of aromatic amines is 2. The molecule has 0 spiro atoms. The number of anilines is 2. The van der Waals surface area contributed by atoms with Gasteiger partial charge >= 0.3 is 6.09 Å². The molecule has 5 rings (SSSR count). The number of rotatable bonds is 10. The largest absolute Gasteiger partial charge is 0.493 e. The number of nitrogens with one attached hydrogen (secondary N) is 4. The van der Waals surface area contributed by atoms with Crippen molar-refractivity contribution in [2.24, 2.45) is 0 Å². The van der Waals surface area contributed by atoms with Gasteiger partial charge in [-0.3, -0.25) is 29.9 Å². The Morgan fingerprint density at radius 1 is 0.896 bits per heavy atom. The van der Waals surface area contributed by atoms with Gasteiger partial charge in [0.05, 0.1) is 47.8 Å². The Balaban J connectivity index is 1.54. The van der Waals surface area contributed by atoms with Gasteiger partial charge < -0.3 is 24.4 Å². The van der Waals surface area contributed by atoms with Gasteiger partial charge in [-0.1, -0.05) is 12.1 Å². The van der Waals surface area contributed by atoms with E-state index in [4.69, 9.17) is 9.47 Å². The summed E-state index contributed by atoms with van der Waals surface area (Å²) in [4.78, 5) is 52.8. The molecular formula is C33H37N5O9S. The van der Waals surface area contributed by atoms with Gasteiger partial charge in [0.25, 0.3) is 11.1 Å². The van der Waals surface area contributed by atoms with E-state index in [2.05, 4.69) is 25.6 Å². The second-order valence-corrected chi connectivity index (χ2v) is 14.3. The number of carbonyl (C=O) groups is 2. The van der Waals surface area contributed by atoms with Crippen LogP contribution in [0.4, 0.5) is 16.2 Å². The molecule has 2 amide bonds. The third kappa shape index (κ3) is 6.32. The molecule has 0 saturated carbocycles. The zero-order valence-corrected chi connectivity index (χ0v) is 27.9. The fourth-order valence-electron chi connectivity index (χ4n) is 6.07. The molecule has 0 radical (unpaired) electrons. The number of benzene rings is 3. The number of carbonyl (C=O) groups excluding carboxylic acids is 2. The van der Waals surface area contributed by atoms with Gasteiger partial charge in [-0.2, -0.15) is 0 Å². The Kier molecular flexibility index (Phi) is 9.52. The number of ether oxygens (including phenoxy) is 3. The summed E-state index contributed by atoms with van der Waals surface area (Å²) in [7, 11) is 0.0970. The van der Waals surface area contributed by atoms with Crippen LogP contribution in [0.15, 0.2) is 75.1 Å². The van der Waals surface area contributed by atoms with E-state index in [1.54, 1.807) is 49.1 Å². The Hall–Kier alpha value is -5.31. The maximum atomic E-state index is 14.6. The lowest BCUT2D eigenvalue weighted by molar-refractivity contribution is -0.133. The van der Waals surface area contributed by atoms with Crippen molar-refractivity contribution in [2.75, 3.05) is 38.5 Å². The number of amides is 2. The summed E-state index contributed by atoms with van der Waals surface area (Å²) in [6.07, 6.45) is 0.240. The van der Waals surface area contributed by atoms with Crippen LogP contribution < -0.4 is 31.2 Å². The maximum Gasteiger partial charge on any atom is 0.411 e. The van der Waals surface area contributed by atoms with Crippen molar-refractivity contribution in [3.05, 3.63) is 86.9 Å². The number of nitrogens with zero attached hydrogens (tertiary/aromatic N) is 1. The van der Waals surface area contributed by atoms with Crippen LogP contribution in [0.5, 0.6) is 11.5 Å². The van der Waals surface area contributed by atoms with E-state index in [0.29, 0.717) is 42.1 Å². The minimum Gasteiger partial charge on any atom is -0.493 e. The van der Waals surface area contributed by atoms with Gasteiger partial charge in [-0.25, -0.2) is 13.2 Å². The molecule has 15 heteroatoms. The van der Waals surface area contributed by atoms with Crippen molar-refractivity contribution in [1.29, 1.82) is 0 Å².